The van der Waals surface area contributed by atoms with Crippen molar-refractivity contribution in [3.8, 4) is 0 Å². The Morgan fingerprint density at radius 3 is 1.85 bits per heavy atom. The van der Waals surface area contributed by atoms with Crippen molar-refractivity contribution in [2.45, 2.75) is 34.1 Å². The minimum absolute atomic E-state index is 0. The van der Waals surface area contributed by atoms with Crippen LogP contribution in [-0.4, -0.2) is 0 Å². The maximum Gasteiger partial charge on any atom is -0.147 e. The first kappa shape index (κ1) is 16.4. The van der Waals surface area contributed by atoms with Gasteiger partial charge in [-0.25, -0.2) is 0 Å². The van der Waals surface area contributed by atoms with Crippen LogP contribution in [0.15, 0.2) is 20.6 Å². The molecule has 3 heteroatoms. The zero-order valence-electron chi connectivity index (χ0n) is 8.60. The van der Waals surface area contributed by atoms with Crippen molar-refractivity contribution in [3.05, 3.63) is 20.6 Å². The van der Waals surface area contributed by atoms with Crippen LogP contribution in [0.5, 0.6) is 0 Å². The Kier molecular flexibility index (Phi) is 7.21. The Morgan fingerprint density at radius 2 is 1.69 bits per heavy atom. The Labute approximate surface area is 109 Å². The minimum Gasteiger partial charge on any atom is -0.147 e. The summed E-state index contributed by atoms with van der Waals surface area (Å²) < 4.78 is 1.68. The van der Waals surface area contributed by atoms with Crippen LogP contribution in [0, 0.1) is 5.41 Å². The molecule has 0 saturated carbocycles. The third kappa shape index (κ3) is 4.31. The molecule has 0 aromatic carbocycles. The van der Waals surface area contributed by atoms with Gasteiger partial charge in [-0.2, -0.15) is 0 Å². The van der Waals surface area contributed by atoms with Crippen LogP contribution in [0.25, 0.3) is 0 Å². The van der Waals surface area contributed by atoms with Crippen LogP contribution in [0.4, 0.5) is 0 Å². The van der Waals surface area contributed by atoms with Crippen molar-refractivity contribution in [3.63, 3.8) is 0 Å². The molecule has 0 aliphatic heterocycles. The third-order valence-corrected chi connectivity index (χ3v) is 4.25. The second-order valence-corrected chi connectivity index (χ2v) is 6.43. The predicted octanol–water partition coefficient (Wildman–Crippen LogP) is 4.03. The number of halogens is 2. The van der Waals surface area contributed by atoms with Crippen LogP contribution in [0.1, 0.15) is 34.1 Å². The summed E-state index contributed by atoms with van der Waals surface area (Å²) in [6, 6.07) is 0. The molecule has 0 spiro atoms. The molecule has 0 aromatic heterocycles. The summed E-state index contributed by atoms with van der Waals surface area (Å²) in [5, 5.41) is 0. The first-order chi connectivity index (χ1) is 4.91. The SMILES string of the molecule is CC1=[C]([Hf])CC(C(C)(C)C)=C1.Cl.Cl. The Hall–Kier alpha value is 0.930. The van der Waals surface area contributed by atoms with Gasteiger partial charge >= 0.3 is 84.5 Å². The molecule has 0 amide bonds. The van der Waals surface area contributed by atoms with Gasteiger partial charge in [-0.05, 0) is 0 Å². The van der Waals surface area contributed by atoms with E-state index in [1.807, 2.05) is 0 Å². The molecule has 0 heterocycles. The van der Waals surface area contributed by atoms with E-state index in [4.69, 9.17) is 0 Å². The monoisotopic (exact) mass is 387 g/mol. The molecular weight excluding hydrogens is 370 g/mol. The fourth-order valence-electron chi connectivity index (χ4n) is 1.21. The van der Waals surface area contributed by atoms with Crippen molar-refractivity contribution in [1.29, 1.82) is 0 Å². The Balaban J connectivity index is 0. The molecule has 1 aliphatic rings. The molecule has 1 rings (SSSR count). The molecule has 0 radical (unpaired) electrons. The van der Waals surface area contributed by atoms with Gasteiger partial charge in [0.15, 0.2) is 0 Å². The summed E-state index contributed by atoms with van der Waals surface area (Å²) in [6.07, 6.45) is 3.63. The van der Waals surface area contributed by atoms with Crippen LogP contribution < -0.4 is 0 Å². The number of allylic oxidation sites excluding steroid dienone is 4. The van der Waals surface area contributed by atoms with Gasteiger partial charge in [0.2, 0.25) is 0 Å². The van der Waals surface area contributed by atoms with E-state index >= 15 is 0 Å². The van der Waals surface area contributed by atoms with Crippen LogP contribution >= 0.6 is 24.8 Å². The number of rotatable bonds is 0. The zero-order valence-corrected chi connectivity index (χ0v) is 13.8. The first-order valence-corrected chi connectivity index (χ1v) is 5.83. The van der Waals surface area contributed by atoms with E-state index < -0.39 is 0 Å². The van der Waals surface area contributed by atoms with Crippen LogP contribution in [0.2, 0.25) is 0 Å². The minimum atomic E-state index is 0. The van der Waals surface area contributed by atoms with Gasteiger partial charge in [-0.15, -0.1) is 24.8 Å². The van der Waals surface area contributed by atoms with Crippen molar-refractivity contribution < 1.29 is 24.4 Å². The maximum atomic E-state index is 2.38. The van der Waals surface area contributed by atoms with Crippen molar-refractivity contribution in [2.24, 2.45) is 5.41 Å². The number of hydrogen-bond donors (Lipinski definition) is 0. The van der Waals surface area contributed by atoms with E-state index in [9.17, 15) is 0 Å². The Bertz CT molecular complexity index is 234. The van der Waals surface area contributed by atoms with E-state index in [1.54, 1.807) is 8.90 Å². The third-order valence-electron chi connectivity index (χ3n) is 2.20. The Morgan fingerprint density at radius 1 is 1.23 bits per heavy atom. The zero-order chi connectivity index (χ0) is 8.65. The molecule has 13 heavy (non-hydrogen) atoms. The smallest absolute Gasteiger partial charge is 0.147 e. The van der Waals surface area contributed by atoms with E-state index in [2.05, 4.69) is 33.8 Å². The summed E-state index contributed by atoms with van der Waals surface area (Å²) in [7, 11) is 0. The maximum absolute atomic E-state index is 2.38. The standard InChI is InChI=1S/C10H15.2ClH.Hf/c1-8-5-6-9(7-8)10(2,3)4;;;/h7H,6H2,1-4H3;2*1H;. The first-order valence-electron chi connectivity index (χ1n) is 4.03. The molecule has 0 aromatic rings. The van der Waals surface area contributed by atoms with Crippen LogP contribution in [0.3, 0.4) is 0 Å². The average molecular weight is 387 g/mol. The molecule has 0 atom stereocenters. The molecular formula is C10H17Cl2Hf. The summed E-state index contributed by atoms with van der Waals surface area (Å²) in [5.74, 6) is 0. The normalized spacial score (nSPS) is 16.1. The van der Waals surface area contributed by atoms with Crippen molar-refractivity contribution in [1.82, 2.24) is 0 Å². The van der Waals surface area contributed by atoms with Crippen LogP contribution in [-0.2, 0) is 24.4 Å². The summed E-state index contributed by atoms with van der Waals surface area (Å²) in [5.41, 5.74) is 3.52. The van der Waals surface area contributed by atoms with Crippen molar-refractivity contribution >= 4 is 24.8 Å². The van der Waals surface area contributed by atoms with Crippen molar-refractivity contribution in [2.75, 3.05) is 0 Å². The van der Waals surface area contributed by atoms with E-state index in [0.717, 1.165) is 0 Å². The van der Waals surface area contributed by atoms with E-state index in [-0.39, 0.29) is 24.8 Å². The fraction of sp³-hybridized carbons (Fsp3) is 0.600. The molecule has 0 nitrogen and oxygen atoms in total. The second-order valence-electron chi connectivity index (χ2n) is 4.26. The summed E-state index contributed by atoms with van der Waals surface area (Å²) >= 11 is 1.24. The van der Waals surface area contributed by atoms with E-state index in [1.165, 1.54) is 36.4 Å². The van der Waals surface area contributed by atoms with Gasteiger partial charge in [-0.3, -0.25) is 0 Å². The largest absolute Gasteiger partial charge is 0.147 e. The molecule has 0 unspecified atom stereocenters. The molecule has 1 aliphatic carbocycles. The quantitative estimate of drug-likeness (QED) is 0.552. The van der Waals surface area contributed by atoms with Gasteiger partial charge in [0, 0.05) is 0 Å². The van der Waals surface area contributed by atoms with Gasteiger partial charge < -0.3 is 0 Å². The topological polar surface area (TPSA) is 0 Å². The predicted molar refractivity (Wildman–Crippen MR) is 59.4 cm³/mol. The average Bonchev–Trinajstić information content (AvgIpc) is 2.11. The number of hydrogen-bond acceptors (Lipinski definition) is 0. The second kappa shape index (κ2) is 5.72. The molecule has 75 valence electrons. The summed E-state index contributed by atoms with van der Waals surface area (Å²) in [6.45, 7) is 9.13. The molecule has 0 bridgehead atoms. The van der Waals surface area contributed by atoms with Gasteiger partial charge in [0.05, 0.1) is 0 Å². The molecule has 0 saturated heterocycles. The van der Waals surface area contributed by atoms with Gasteiger partial charge in [-0.1, -0.05) is 0 Å². The van der Waals surface area contributed by atoms with Gasteiger partial charge in [0.25, 0.3) is 0 Å². The molecule has 0 fully saturated rings. The fourth-order valence-corrected chi connectivity index (χ4v) is 2.15. The van der Waals surface area contributed by atoms with E-state index in [0.29, 0.717) is 5.41 Å². The van der Waals surface area contributed by atoms with Gasteiger partial charge in [0.1, 0.15) is 0 Å². The molecule has 0 N–H and O–H groups in total. The summed E-state index contributed by atoms with van der Waals surface area (Å²) in [4.78, 5) is 0.